The molecule has 4 heteroatoms. The fourth-order valence-electron chi connectivity index (χ4n) is 0.661. The van der Waals surface area contributed by atoms with Crippen molar-refractivity contribution in [2.45, 2.75) is 12.8 Å². The lowest BCUT2D eigenvalue weighted by atomic mass is 10.3. The largest absolute Gasteiger partial charge is 0.385 e. The Morgan fingerprint density at radius 3 is 2.91 bits per heavy atom. The standard InChI is InChI=1S/C7H15NO2S/c1-10-5-2-3-7(9)8-4-6-11/h11H,2-6H2,1H3,(H,8,9). The Labute approximate surface area is 72.9 Å². The summed E-state index contributed by atoms with van der Waals surface area (Å²) in [6.45, 7) is 1.29. The van der Waals surface area contributed by atoms with Crippen molar-refractivity contribution >= 4 is 18.5 Å². The van der Waals surface area contributed by atoms with Gasteiger partial charge in [-0.15, -0.1) is 0 Å². The highest BCUT2D eigenvalue weighted by molar-refractivity contribution is 7.80. The number of ether oxygens (including phenoxy) is 1. The summed E-state index contributed by atoms with van der Waals surface area (Å²) < 4.78 is 4.80. The fraction of sp³-hybridized carbons (Fsp3) is 0.857. The Morgan fingerprint density at radius 1 is 1.64 bits per heavy atom. The van der Waals surface area contributed by atoms with E-state index in [4.69, 9.17) is 4.74 Å². The van der Waals surface area contributed by atoms with Crippen LogP contribution >= 0.6 is 12.6 Å². The van der Waals surface area contributed by atoms with Crippen molar-refractivity contribution in [1.82, 2.24) is 5.32 Å². The molecule has 0 saturated carbocycles. The second kappa shape index (κ2) is 7.88. The Kier molecular flexibility index (Phi) is 7.72. The van der Waals surface area contributed by atoms with Gasteiger partial charge >= 0.3 is 0 Å². The van der Waals surface area contributed by atoms with Crippen LogP contribution in [0.3, 0.4) is 0 Å². The van der Waals surface area contributed by atoms with Crippen molar-refractivity contribution in [1.29, 1.82) is 0 Å². The third kappa shape index (κ3) is 7.68. The summed E-state index contributed by atoms with van der Waals surface area (Å²) >= 11 is 3.97. The average molecular weight is 177 g/mol. The number of rotatable bonds is 6. The highest BCUT2D eigenvalue weighted by atomic mass is 32.1. The summed E-state index contributed by atoms with van der Waals surface area (Å²) in [4.78, 5) is 10.9. The van der Waals surface area contributed by atoms with Crippen LogP contribution in [-0.4, -0.2) is 31.9 Å². The molecular weight excluding hydrogens is 162 g/mol. The van der Waals surface area contributed by atoms with Gasteiger partial charge in [0.05, 0.1) is 0 Å². The lowest BCUT2D eigenvalue weighted by Crippen LogP contribution is -2.25. The molecule has 66 valence electrons. The van der Waals surface area contributed by atoms with Gasteiger partial charge in [0.1, 0.15) is 0 Å². The van der Waals surface area contributed by atoms with Gasteiger partial charge < -0.3 is 10.1 Å². The Morgan fingerprint density at radius 2 is 2.36 bits per heavy atom. The molecule has 0 heterocycles. The Bertz CT molecular complexity index is 109. The number of thiol groups is 1. The molecule has 0 aliphatic rings. The van der Waals surface area contributed by atoms with Gasteiger partial charge in [-0.3, -0.25) is 4.79 Å². The van der Waals surface area contributed by atoms with Crippen molar-refractivity contribution in [2.24, 2.45) is 0 Å². The maximum atomic E-state index is 10.9. The second-order valence-corrected chi connectivity index (χ2v) is 2.62. The van der Waals surface area contributed by atoms with Gasteiger partial charge in [-0.2, -0.15) is 12.6 Å². The number of nitrogens with one attached hydrogen (secondary N) is 1. The quantitative estimate of drug-likeness (QED) is 0.457. The summed E-state index contributed by atoms with van der Waals surface area (Å²) in [5, 5.41) is 2.72. The molecule has 0 saturated heterocycles. The summed E-state index contributed by atoms with van der Waals surface area (Å²) in [5.74, 6) is 0.770. The van der Waals surface area contributed by atoms with Crippen LogP contribution in [0.4, 0.5) is 0 Å². The van der Waals surface area contributed by atoms with Crippen LogP contribution < -0.4 is 5.32 Å². The molecule has 0 spiro atoms. The average Bonchev–Trinajstić information content (AvgIpc) is 2.01. The molecule has 0 aliphatic heterocycles. The smallest absolute Gasteiger partial charge is 0.220 e. The van der Waals surface area contributed by atoms with E-state index in [2.05, 4.69) is 17.9 Å². The van der Waals surface area contributed by atoms with E-state index in [0.29, 0.717) is 25.3 Å². The first-order valence-electron chi connectivity index (χ1n) is 3.67. The van der Waals surface area contributed by atoms with E-state index in [1.54, 1.807) is 7.11 Å². The zero-order valence-corrected chi connectivity index (χ0v) is 7.69. The van der Waals surface area contributed by atoms with E-state index in [0.717, 1.165) is 6.42 Å². The molecular formula is C7H15NO2S. The Balaban J connectivity index is 3.09. The van der Waals surface area contributed by atoms with Crippen LogP contribution in [0.5, 0.6) is 0 Å². The van der Waals surface area contributed by atoms with Crippen molar-refractivity contribution < 1.29 is 9.53 Å². The maximum Gasteiger partial charge on any atom is 0.220 e. The molecule has 11 heavy (non-hydrogen) atoms. The number of amides is 1. The maximum absolute atomic E-state index is 10.9. The van der Waals surface area contributed by atoms with Crippen LogP contribution in [0.2, 0.25) is 0 Å². The molecule has 0 aromatic heterocycles. The van der Waals surface area contributed by atoms with E-state index >= 15 is 0 Å². The molecule has 1 N–H and O–H groups in total. The minimum Gasteiger partial charge on any atom is -0.385 e. The normalized spacial score (nSPS) is 9.64. The van der Waals surface area contributed by atoms with Crippen molar-refractivity contribution in [2.75, 3.05) is 26.0 Å². The fourth-order valence-corrected chi connectivity index (χ4v) is 0.773. The lowest BCUT2D eigenvalue weighted by Gasteiger charge is -2.01. The van der Waals surface area contributed by atoms with Gasteiger partial charge in [-0.25, -0.2) is 0 Å². The van der Waals surface area contributed by atoms with Crippen molar-refractivity contribution in [3.05, 3.63) is 0 Å². The van der Waals surface area contributed by atoms with Gasteiger partial charge in [-0.05, 0) is 6.42 Å². The van der Waals surface area contributed by atoms with Gasteiger partial charge in [0.25, 0.3) is 0 Å². The van der Waals surface area contributed by atoms with Crippen LogP contribution in [0.25, 0.3) is 0 Å². The number of carbonyl (C=O) groups is 1. The number of hydrogen-bond acceptors (Lipinski definition) is 3. The molecule has 3 nitrogen and oxygen atoms in total. The summed E-state index contributed by atoms with van der Waals surface area (Å²) in [6.07, 6.45) is 1.33. The zero-order valence-electron chi connectivity index (χ0n) is 6.80. The molecule has 0 rings (SSSR count). The predicted octanol–water partition coefficient (Wildman–Crippen LogP) is 0.459. The monoisotopic (exact) mass is 177 g/mol. The first-order chi connectivity index (χ1) is 5.31. The lowest BCUT2D eigenvalue weighted by molar-refractivity contribution is -0.121. The first-order valence-corrected chi connectivity index (χ1v) is 4.31. The molecule has 0 atom stereocenters. The van der Waals surface area contributed by atoms with Crippen LogP contribution in [0.15, 0.2) is 0 Å². The SMILES string of the molecule is COCCCC(=O)NCCS. The van der Waals surface area contributed by atoms with E-state index < -0.39 is 0 Å². The summed E-state index contributed by atoms with van der Waals surface area (Å²) in [6, 6.07) is 0. The van der Waals surface area contributed by atoms with Crippen LogP contribution in [0.1, 0.15) is 12.8 Å². The molecule has 0 aliphatic carbocycles. The third-order valence-electron chi connectivity index (χ3n) is 1.19. The molecule has 0 fully saturated rings. The summed E-state index contributed by atoms with van der Waals surface area (Å²) in [5.41, 5.74) is 0. The number of hydrogen-bond donors (Lipinski definition) is 2. The van der Waals surface area contributed by atoms with Gasteiger partial charge in [0.15, 0.2) is 0 Å². The number of carbonyl (C=O) groups excluding carboxylic acids is 1. The second-order valence-electron chi connectivity index (χ2n) is 2.17. The van der Waals surface area contributed by atoms with Crippen LogP contribution in [-0.2, 0) is 9.53 Å². The molecule has 0 bridgehead atoms. The van der Waals surface area contributed by atoms with Crippen molar-refractivity contribution in [3.8, 4) is 0 Å². The zero-order chi connectivity index (χ0) is 8.53. The highest BCUT2D eigenvalue weighted by Gasteiger charge is 1.97. The van der Waals surface area contributed by atoms with E-state index in [9.17, 15) is 4.79 Å². The summed E-state index contributed by atoms with van der Waals surface area (Å²) in [7, 11) is 1.63. The first kappa shape index (κ1) is 10.8. The Hall–Kier alpha value is -0.220. The minimum atomic E-state index is 0.0797. The van der Waals surface area contributed by atoms with Gasteiger partial charge in [0.2, 0.25) is 5.91 Å². The topological polar surface area (TPSA) is 38.3 Å². The van der Waals surface area contributed by atoms with E-state index in [-0.39, 0.29) is 5.91 Å². The van der Waals surface area contributed by atoms with E-state index in [1.165, 1.54) is 0 Å². The molecule has 0 unspecified atom stereocenters. The molecule has 0 radical (unpaired) electrons. The molecule has 1 amide bonds. The van der Waals surface area contributed by atoms with Crippen LogP contribution in [0, 0.1) is 0 Å². The highest BCUT2D eigenvalue weighted by Crippen LogP contribution is 1.88. The molecule has 0 aromatic rings. The molecule has 0 aromatic carbocycles. The van der Waals surface area contributed by atoms with Crippen molar-refractivity contribution in [3.63, 3.8) is 0 Å². The van der Waals surface area contributed by atoms with Gasteiger partial charge in [-0.1, -0.05) is 0 Å². The van der Waals surface area contributed by atoms with E-state index in [1.807, 2.05) is 0 Å². The predicted molar refractivity (Wildman–Crippen MR) is 48.0 cm³/mol. The minimum absolute atomic E-state index is 0.0797. The third-order valence-corrected chi connectivity index (χ3v) is 1.41. The number of methoxy groups -OCH3 is 1. The van der Waals surface area contributed by atoms with Gasteiger partial charge in [0, 0.05) is 32.4 Å².